The van der Waals surface area contributed by atoms with Crippen molar-refractivity contribution in [3.05, 3.63) is 41.3 Å². The summed E-state index contributed by atoms with van der Waals surface area (Å²) in [6, 6.07) is 4.98. The van der Waals surface area contributed by atoms with Crippen molar-refractivity contribution in [2.45, 2.75) is 39.7 Å². The molecule has 0 bridgehead atoms. The van der Waals surface area contributed by atoms with Crippen LogP contribution in [0.2, 0.25) is 0 Å². The first kappa shape index (κ1) is 18.6. The van der Waals surface area contributed by atoms with Crippen LogP contribution in [0.15, 0.2) is 24.4 Å². The van der Waals surface area contributed by atoms with Crippen molar-refractivity contribution in [2.24, 2.45) is 0 Å². The van der Waals surface area contributed by atoms with Crippen molar-refractivity contribution < 1.29 is 9.59 Å². The first-order valence-corrected chi connectivity index (χ1v) is 8.21. The van der Waals surface area contributed by atoms with Gasteiger partial charge >= 0.3 is 0 Å². The summed E-state index contributed by atoms with van der Waals surface area (Å²) < 4.78 is 1.67. The Hall–Kier alpha value is -2.70. The van der Waals surface area contributed by atoms with E-state index in [1.165, 1.54) is 11.1 Å². The lowest BCUT2D eigenvalue weighted by Gasteiger charge is -2.13. The molecule has 0 saturated heterocycles. The van der Waals surface area contributed by atoms with E-state index in [1.807, 2.05) is 6.92 Å². The van der Waals surface area contributed by atoms with Gasteiger partial charge in [-0.25, -0.2) is 4.98 Å². The Balaban J connectivity index is 2.27. The minimum absolute atomic E-state index is 0.147. The fourth-order valence-electron chi connectivity index (χ4n) is 2.28. The molecule has 0 atom stereocenters. The summed E-state index contributed by atoms with van der Waals surface area (Å²) in [7, 11) is 3.35. The molecular formula is C18H25N5O2. The zero-order chi connectivity index (χ0) is 18.8. The number of nitrogens with zero attached hydrogens (tertiary/aromatic N) is 4. The number of aryl methyl sites for hydroxylation is 1. The maximum atomic E-state index is 12.6. The van der Waals surface area contributed by atoms with Crippen LogP contribution in [0.1, 0.15) is 54.2 Å². The number of carbonyl (C=O) groups excluding carboxylic acids is 2. The average molecular weight is 343 g/mol. The first-order valence-electron chi connectivity index (χ1n) is 8.21. The van der Waals surface area contributed by atoms with Crippen LogP contribution >= 0.6 is 0 Å². The SMILES string of the molecule is CCn1nc(C(C)(C)C)cc1C(=O)Nc1cc(C(=O)N(C)C)ccn1. The molecule has 0 unspecified atom stereocenters. The van der Waals surface area contributed by atoms with Crippen LogP contribution in [0.3, 0.4) is 0 Å². The number of rotatable bonds is 4. The molecule has 0 saturated carbocycles. The molecule has 7 heteroatoms. The Morgan fingerprint density at radius 3 is 2.48 bits per heavy atom. The summed E-state index contributed by atoms with van der Waals surface area (Å²) in [5.41, 5.74) is 1.64. The van der Waals surface area contributed by atoms with Gasteiger partial charge in [0.2, 0.25) is 0 Å². The van der Waals surface area contributed by atoms with Crippen molar-refractivity contribution in [3.63, 3.8) is 0 Å². The van der Waals surface area contributed by atoms with Gasteiger partial charge in [-0.2, -0.15) is 5.10 Å². The van der Waals surface area contributed by atoms with Gasteiger partial charge in [0, 0.05) is 37.8 Å². The standard InChI is InChI=1S/C18H25N5O2/c1-7-23-13(11-14(21-23)18(2,3)4)16(24)20-15-10-12(8-9-19-15)17(25)22(5)6/h8-11H,7H2,1-6H3,(H,19,20,24). The zero-order valence-electron chi connectivity index (χ0n) is 15.6. The average Bonchev–Trinajstić information content (AvgIpc) is 2.99. The van der Waals surface area contributed by atoms with Gasteiger partial charge in [-0.15, -0.1) is 0 Å². The number of aromatic nitrogens is 3. The summed E-state index contributed by atoms with van der Waals surface area (Å²) in [6.45, 7) is 8.68. The lowest BCUT2D eigenvalue weighted by molar-refractivity contribution is 0.0827. The van der Waals surface area contributed by atoms with Crippen molar-refractivity contribution in [1.29, 1.82) is 0 Å². The summed E-state index contributed by atoms with van der Waals surface area (Å²) in [6.07, 6.45) is 1.50. The highest BCUT2D eigenvalue weighted by Crippen LogP contribution is 2.22. The van der Waals surface area contributed by atoms with Crippen LogP contribution in [-0.4, -0.2) is 45.6 Å². The fraction of sp³-hybridized carbons (Fsp3) is 0.444. The van der Waals surface area contributed by atoms with E-state index in [0.29, 0.717) is 23.6 Å². The molecule has 134 valence electrons. The van der Waals surface area contributed by atoms with E-state index in [2.05, 4.69) is 36.2 Å². The lowest BCUT2D eigenvalue weighted by atomic mass is 9.92. The van der Waals surface area contributed by atoms with Crippen LogP contribution in [0.25, 0.3) is 0 Å². The third-order valence-electron chi connectivity index (χ3n) is 3.74. The number of amides is 2. The second kappa shape index (κ2) is 7.04. The molecule has 0 spiro atoms. The normalized spacial score (nSPS) is 11.3. The quantitative estimate of drug-likeness (QED) is 0.925. The topological polar surface area (TPSA) is 80.1 Å². The van der Waals surface area contributed by atoms with Crippen molar-refractivity contribution in [3.8, 4) is 0 Å². The molecule has 2 aromatic heterocycles. The minimum Gasteiger partial charge on any atom is -0.345 e. The lowest BCUT2D eigenvalue weighted by Crippen LogP contribution is -2.22. The minimum atomic E-state index is -0.299. The van der Waals surface area contributed by atoms with Gasteiger partial charge in [-0.1, -0.05) is 20.8 Å². The Morgan fingerprint density at radius 2 is 1.92 bits per heavy atom. The summed E-state index contributed by atoms with van der Waals surface area (Å²) >= 11 is 0. The highest BCUT2D eigenvalue weighted by Gasteiger charge is 2.22. The van der Waals surface area contributed by atoms with Gasteiger partial charge in [0.1, 0.15) is 11.5 Å². The van der Waals surface area contributed by atoms with Gasteiger partial charge in [-0.05, 0) is 25.1 Å². The summed E-state index contributed by atoms with van der Waals surface area (Å²) in [5.74, 6) is -0.114. The van der Waals surface area contributed by atoms with E-state index >= 15 is 0 Å². The van der Waals surface area contributed by atoms with Gasteiger partial charge < -0.3 is 10.2 Å². The molecule has 0 aliphatic rings. The number of nitrogens with one attached hydrogen (secondary N) is 1. The number of anilines is 1. The fourth-order valence-corrected chi connectivity index (χ4v) is 2.28. The molecule has 0 radical (unpaired) electrons. The smallest absolute Gasteiger partial charge is 0.275 e. The van der Waals surface area contributed by atoms with E-state index in [-0.39, 0.29) is 17.2 Å². The Morgan fingerprint density at radius 1 is 1.24 bits per heavy atom. The third-order valence-corrected chi connectivity index (χ3v) is 3.74. The van der Waals surface area contributed by atoms with Gasteiger partial charge in [0.05, 0.1) is 5.69 Å². The summed E-state index contributed by atoms with van der Waals surface area (Å²) in [5, 5.41) is 7.26. The highest BCUT2D eigenvalue weighted by molar-refractivity contribution is 6.03. The highest BCUT2D eigenvalue weighted by atomic mass is 16.2. The second-order valence-electron chi connectivity index (χ2n) is 7.06. The molecule has 0 fully saturated rings. The maximum absolute atomic E-state index is 12.6. The van der Waals surface area contributed by atoms with E-state index < -0.39 is 0 Å². The van der Waals surface area contributed by atoms with Gasteiger partial charge in [-0.3, -0.25) is 14.3 Å². The molecule has 2 amide bonds. The van der Waals surface area contributed by atoms with E-state index in [1.54, 1.807) is 37.0 Å². The molecule has 25 heavy (non-hydrogen) atoms. The first-order chi connectivity index (χ1) is 11.6. The molecule has 7 nitrogen and oxygen atoms in total. The summed E-state index contributed by atoms with van der Waals surface area (Å²) in [4.78, 5) is 30.3. The Labute approximate surface area is 148 Å². The number of carbonyl (C=O) groups is 2. The molecule has 2 rings (SSSR count). The van der Waals surface area contributed by atoms with E-state index in [0.717, 1.165) is 5.69 Å². The van der Waals surface area contributed by atoms with Gasteiger partial charge in [0.15, 0.2) is 0 Å². The molecule has 0 aromatic carbocycles. The monoisotopic (exact) mass is 343 g/mol. The van der Waals surface area contributed by atoms with Crippen molar-refractivity contribution in [2.75, 3.05) is 19.4 Å². The second-order valence-corrected chi connectivity index (χ2v) is 7.06. The molecular weight excluding hydrogens is 318 g/mol. The van der Waals surface area contributed by atoms with E-state index in [9.17, 15) is 9.59 Å². The van der Waals surface area contributed by atoms with Gasteiger partial charge in [0.25, 0.3) is 11.8 Å². The van der Waals surface area contributed by atoms with Crippen LogP contribution in [0.5, 0.6) is 0 Å². The molecule has 2 aromatic rings. The zero-order valence-corrected chi connectivity index (χ0v) is 15.6. The number of hydrogen-bond acceptors (Lipinski definition) is 4. The number of hydrogen-bond donors (Lipinski definition) is 1. The Bertz CT molecular complexity index is 787. The molecule has 0 aliphatic carbocycles. The number of pyridine rings is 1. The third kappa shape index (κ3) is 4.23. The molecule has 0 aliphatic heterocycles. The largest absolute Gasteiger partial charge is 0.345 e. The van der Waals surface area contributed by atoms with Crippen molar-refractivity contribution >= 4 is 17.6 Å². The predicted molar refractivity (Wildman–Crippen MR) is 96.8 cm³/mol. The van der Waals surface area contributed by atoms with Crippen LogP contribution < -0.4 is 5.32 Å². The van der Waals surface area contributed by atoms with E-state index in [4.69, 9.17) is 0 Å². The van der Waals surface area contributed by atoms with Crippen LogP contribution in [-0.2, 0) is 12.0 Å². The van der Waals surface area contributed by atoms with Crippen molar-refractivity contribution in [1.82, 2.24) is 19.7 Å². The molecule has 2 heterocycles. The molecule has 1 N–H and O–H groups in total. The Kier molecular flexibility index (Phi) is 5.25. The predicted octanol–water partition coefficient (Wildman–Crippen LogP) is 2.55. The van der Waals surface area contributed by atoms with Crippen LogP contribution in [0, 0.1) is 0 Å². The van der Waals surface area contributed by atoms with Crippen LogP contribution in [0.4, 0.5) is 5.82 Å². The maximum Gasteiger partial charge on any atom is 0.275 e.